The second-order valence-corrected chi connectivity index (χ2v) is 4.97. The Bertz CT molecular complexity index is 350. The van der Waals surface area contributed by atoms with Crippen LogP contribution in [-0.2, 0) is 15.9 Å². The Labute approximate surface area is 117 Å². The third-order valence-corrected chi connectivity index (χ3v) is 3.38. The lowest BCUT2D eigenvalue weighted by Gasteiger charge is -2.27. The zero-order valence-electron chi connectivity index (χ0n) is 12.8. The van der Waals surface area contributed by atoms with Crippen LogP contribution in [0, 0.1) is 0 Å². The molecular formula is C16H27NO2. The molecule has 0 saturated heterocycles. The van der Waals surface area contributed by atoms with E-state index < -0.39 is 0 Å². The molecule has 0 fully saturated rings. The molecular weight excluding hydrogens is 238 g/mol. The maximum absolute atomic E-state index is 5.97. The lowest BCUT2D eigenvalue weighted by atomic mass is 10.00. The van der Waals surface area contributed by atoms with E-state index in [-0.39, 0.29) is 18.2 Å². The molecule has 3 heteroatoms. The van der Waals surface area contributed by atoms with E-state index in [4.69, 9.17) is 9.47 Å². The largest absolute Gasteiger partial charge is 0.382 e. The summed E-state index contributed by atoms with van der Waals surface area (Å²) in [5, 5.41) is 3.34. The summed E-state index contributed by atoms with van der Waals surface area (Å²) >= 11 is 0. The van der Waals surface area contributed by atoms with Crippen molar-refractivity contribution >= 4 is 0 Å². The van der Waals surface area contributed by atoms with E-state index in [0.717, 1.165) is 6.42 Å². The molecule has 0 aromatic heterocycles. The standard InChI is InChI=1S/C16H27NO2/c1-6-14-7-9-15(10-8-14)16(17-4)13(3)19-12(2)11-18-5/h7-10,12-13,16-17H,6,11H2,1-5H3. The average Bonchev–Trinajstić information content (AvgIpc) is 2.40. The van der Waals surface area contributed by atoms with Gasteiger partial charge in [-0.2, -0.15) is 0 Å². The molecule has 3 nitrogen and oxygen atoms in total. The number of rotatable bonds is 8. The number of hydrogen-bond donors (Lipinski definition) is 1. The monoisotopic (exact) mass is 265 g/mol. The second kappa shape index (κ2) is 8.31. The molecule has 3 atom stereocenters. The third-order valence-electron chi connectivity index (χ3n) is 3.38. The van der Waals surface area contributed by atoms with Gasteiger partial charge in [0.1, 0.15) is 0 Å². The van der Waals surface area contributed by atoms with Crippen LogP contribution in [0.1, 0.15) is 37.9 Å². The van der Waals surface area contributed by atoms with Crippen molar-refractivity contribution in [2.45, 2.75) is 45.4 Å². The minimum atomic E-state index is 0.0997. The minimum absolute atomic E-state index is 0.0997. The molecule has 108 valence electrons. The van der Waals surface area contributed by atoms with Crippen molar-refractivity contribution in [2.24, 2.45) is 0 Å². The minimum Gasteiger partial charge on any atom is -0.382 e. The van der Waals surface area contributed by atoms with Crippen LogP contribution in [0.4, 0.5) is 0 Å². The van der Waals surface area contributed by atoms with Gasteiger partial charge in [-0.1, -0.05) is 31.2 Å². The molecule has 0 bridgehead atoms. The van der Waals surface area contributed by atoms with E-state index in [9.17, 15) is 0 Å². The summed E-state index contributed by atoms with van der Waals surface area (Å²) in [6.07, 6.45) is 1.27. The molecule has 1 aromatic carbocycles. The molecule has 0 aliphatic carbocycles. The number of nitrogens with one attached hydrogen (secondary N) is 1. The van der Waals surface area contributed by atoms with Crippen molar-refractivity contribution in [2.75, 3.05) is 20.8 Å². The first-order valence-electron chi connectivity index (χ1n) is 7.02. The van der Waals surface area contributed by atoms with E-state index in [0.29, 0.717) is 6.61 Å². The van der Waals surface area contributed by atoms with Gasteiger partial charge in [-0.05, 0) is 38.4 Å². The molecule has 0 aliphatic rings. The Morgan fingerprint density at radius 3 is 2.26 bits per heavy atom. The zero-order valence-corrected chi connectivity index (χ0v) is 12.8. The number of ether oxygens (including phenoxy) is 2. The van der Waals surface area contributed by atoms with Crippen molar-refractivity contribution in [3.8, 4) is 0 Å². The topological polar surface area (TPSA) is 30.5 Å². The predicted molar refractivity (Wildman–Crippen MR) is 79.5 cm³/mol. The van der Waals surface area contributed by atoms with Gasteiger partial charge in [0.05, 0.1) is 24.9 Å². The number of hydrogen-bond acceptors (Lipinski definition) is 3. The van der Waals surface area contributed by atoms with Crippen molar-refractivity contribution in [1.29, 1.82) is 0 Å². The lowest BCUT2D eigenvalue weighted by Crippen LogP contribution is -2.33. The Balaban J connectivity index is 2.69. The van der Waals surface area contributed by atoms with Crippen LogP contribution in [0.3, 0.4) is 0 Å². The lowest BCUT2D eigenvalue weighted by molar-refractivity contribution is -0.0448. The first-order valence-corrected chi connectivity index (χ1v) is 7.02. The van der Waals surface area contributed by atoms with Crippen LogP contribution in [0.15, 0.2) is 24.3 Å². The van der Waals surface area contributed by atoms with Crippen molar-refractivity contribution in [3.05, 3.63) is 35.4 Å². The predicted octanol–water partition coefficient (Wildman–Crippen LogP) is 2.95. The molecule has 0 radical (unpaired) electrons. The second-order valence-electron chi connectivity index (χ2n) is 4.97. The first kappa shape index (κ1) is 16.2. The Morgan fingerprint density at radius 1 is 1.16 bits per heavy atom. The molecule has 1 aromatic rings. The maximum Gasteiger partial charge on any atom is 0.0784 e. The van der Waals surface area contributed by atoms with E-state index in [1.54, 1.807) is 7.11 Å². The SMILES string of the molecule is CCc1ccc(C(NC)C(C)OC(C)COC)cc1. The van der Waals surface area contributed by atoms with Crippen LogP contribution < -0.4 is 5.32 Å². The summed E-state index contributed by atoms with van der Waals surface area (Å²) in [7, 11) is 3.67. The van der Waals surface area contributed by atoms with E-state index in [2.05, 4.69) is 43.4 Å². The molecule has 0 amide bonds. The van der Waals surface area contributed by atoms with Crippen LogP contribution in [0.5, 0.6) is 0 Å². The molecule has 1 N–H and O–H groups in total. The number of benzene rings is 1. The van der Waals surface area contributed by atoms with Crippen molar-refractivity contribution in [1.82, 2.24) is 5.32 Å². The molecule has 19 heavy (non-hydrogen) atoms. The molecule has 0 spiro atoms. The van der Waals surface area contributed by atoms with Crippen LogP contribution in [-0.4, -0.2) is 33.0 Å². The summed E-state index contributed by atoms with van der Waals surface area (Å²) in [6, 6.07) is 8.93. The molecule has 3 unspecified atom stereocenters. The van der Waals surface area contributed by atoms with E-state index in [1.807, 2.05) is 14.0 Å². The van der Waals surface area contributed by atoms with Gasteiger partial charge in [-0.25, -0.2) is 0 Å². The fourth-order valence-electron chi connectivity index (χ4n) is 2.35. The highest BCUT2D eigenvalue weighted by Crippen LogP contribution is 2.20. The summed E-state index contributed by atoms with van der Waals surface area (Å²) in [5.41, 5.74) is 2.62. The summed E-state index contributed by atoms with van der Waals surface area (Å²) in [4.78, 5) is 0. The van der Waals surface area contributed by atoms with Crippen molar-refractivity contribution in [3.63, 3.8) is 0 Å². The van der Waals surface area contributed by atoms with Gasteiger partial charge in [0.2, 0.25) is 0 Å². The fourth-order valence-corrected chi connectivity index (χ4v) is 2.35. The number of likely N-dealkylation sites (N-methyl/N-ethyl adjacent to an activating group) is 1. The average molecular weight is 265 g/mol. The quantitative estimate of drug-likeness (QED) is 0.784. The fraction of sp³-hybridized carbons (Fsp3) is 0.625. The van der Waals surface area contributed by atoms with Gasteiger partial charge in [0.15, 0.2) is 0 Å². The zero-order chi connectivity index (χ0) is 14.3. The third kappa shape index (κ3) is 4.94. The molecule has 0 heterocycles. The normalized spacial score (nSPS) is 16.1. The van der Waals surface area contributed by atoms with E-state index in [1.165, 1.54) is 11.1 Å². The summed E-state index contributed by atoms with van der Waals surface area (Å²) in [6.45, 7) is 6.92. The van der Waals surface area contributed by atoms with Gasteiger partial charge >= 0.3 is 0 Å². The molecule has 0 aliphatic heterocycles. The Morgan fingerprint density at radius 2 is 1.79 bits per heavy atom. The maximum atomic E-state index is 5.97. The van der Waals surface area contributed by atoms with Gasteiger partial charge in [-0.15, -0.1) is 0 Å². The highest BCUT2D eigenvalue weighted by atomic mass is 16.5. The first-order chi connectivity index (χ1) is 9.12. The number of methoxy groups -OCH3 is 1. The van der Waals surface area contributed by atoms with Gasteiger partial charge in [0, 0.05) is 7.11 Å². The highest BCUT2D eigenvalue weighted by molar-refractivity contribution is 5.25. The van der Waals surface area contributed by atoms with Gasteiger partial charge < -0.3 is 14.8 Å². The Hall–Kier alpha value is -0.900. The van der Waals surface area contributed by atoms with Crippen LogP contribution in [0.25, 0.3) is 0 Å². The van der Waals surface area contributed by atoms with Gasteiger partial charge in [-0.3, -0.25) is 0 Å². The number of aryl methyl sites for hydroxylation is 1. The van der Waals surface area contributed by atoms with Crippen LogP contribution in [0.2, 0.25) is 0 Å². The van der Waals surface area contributed by atoms with E-state index >= 15 is 0 Å². The van der Waals surface area contributed by atoms with Crippen molar-refractivity contribution < 1.29 is 9.47 Å². The molecule has 1 rings (SSSR count). The Kier molecular flexibility index (Phi) is 7.06. The molecule has 0 saturated carbocycles. The highest BCUT2D eigenvalue weighted by Gasteiger charge is 2.20. The summed E-state index contributed by atoms with van der Waals surface area (Å²) < 4.78 is 11.1. The smallest absolute Gasteiger partial charge is 0.0784 e. The summed E-state index contributed by atoms with van der Waals surface area (Å²) in [5.74, 6) is 0. The van der Waals surface area contributed by atoms with Gasteiger partial charge in [0.25, 0.3) is 0 Å². The van der Waals surface area contributed by atoms with Crippen LogP contribution >= 0.6 is 0 Å².